The van der Waals surface area contributed by atoms with Gasteiger partial charge in [0, 0.05) is 42.8 Å². The number of sulfonamides is 1. The quantitative estimate of drug-likeness (QED) is 0.577. The number of nitriles is 1. The summed E-state index contributed by atoms with van der Waals surface area (Å²) in [6.07, 6.45) is 3.82. The molecule has 0 aliphatic carbocycles. The SMILES string of the molecule is CNS(=O)(=O)/C(C#N)=C(\C)c1ccc(-c2ccc3cc(N4CCCCC4)ccc3c2)n1C. The van der Waals surface area contributed by atoms with Crippen LogP contribution < -0.4 is 9.62 Å². The van der Waals surface area contributed by atoms with Crippen LogP contribution in [0.3, 0.4) is 0 Å². The molecule has 1 N–H and O–H groups in total. The number of allylic oxidation sites excluding steroid dienone is 2. The third-order valence-corrected chi connectivity index (χ3v) is 7.80. The fourth-order valence-corrected chi connectivity index (χ4v) is 5.31. The van der Waals surface area contributed by atoms with Crippen molar-refractivity contribution in [1.29, 1.82) is 5.26 Å². The number of fused-ring (bicyclic) bond motifs is 1. The van der Waals surface area contributed by atoms with E-state index in [4.69, 9.17) is 0 Å². The van der Waals surface area contributed by atoms with Crippen LogP contribution in [-0.2, 0) is 17.1 Å². The molecular formula is C25H28N4O2S. The van der Waals surface area contributed by atoms with Crippen molar-refractivity contribution in [2.24, 2.45) is 7.05 Å². The van der Waals surface area contributed by atoms with Crippen LogP contribution in [0.2, 0.25) is 0 Å². The molecule has 0 amide bonds. The molecule has 0 atom stereocenters. The first-order valence-electron chi connectivity index (χ1n) is 10.9. The van der Waals surface area contributed by atoms with Crippen LogP contribution >= 0.6 is 0 Å². The Hall–Kier alpha value is -3.08. The highest BCUT2D eigenvalue weighted by Crippen LogP contribution is 2.31. The third-order valence-electron chi connectivity index (χ3n) is 6.33. The molecule has 0 saturated carbocycles. The van der Waals surface area contributed by atoms with E-state index in [0.717, 1.165) is 29.7 Å². The van der Waals surface area contributed by atoms with Crippen LogP contribution in [0.15, 0.2) is 53.4 Å². The zero-order valence-electron chi connectivity index (χ0n) is 18.7. The maximum absolute atomic E-state index is 12.2. The second-order valence-corrected chi connectivity index (χ2v) is 10.1. The van der Waals surface area contributed by atoms with Gasteiger partial charge in [0.15, 0.2) is 4.91 Å². The summed E-state index contributed by atoms with van der Waals surface area (Å²) in [6.45, 7) is 3.90. The zero-order chi connectivity index (χ0) is 22.9. The minimum absolute atomic E-state index is 0.267. The van der Waals surface area contributed by atoms with Crippen LogP contribution in [0.25, 0.3) is 27.6 Å². The Morgan fingerprint density at radius 2 is 1.69 bits per heavy atom. The van der Waals surface area contributed by atoms with Gasteiger partial charge in [0.25, 0.3) is 10.0 Å². The number of nitrogens with one attached hydrogen (secondary N) is 1. The summed E-state index contributed by atoms with van der Waals surface area (Å²) in [7, 11) is -0.626. The first kappa shape index (κ1) is 22.1. The smallest absolute Gasteiger partial charge is 0.250 e. The molecule has 7 heteroatoms. The average molecular weight is 449 g/mol. The number of hydrogen-bond donors (Lipinski definition) is 1. The summed E-state index contributed by atoms with van der Waals surface area (Å²) in [5.74, 6) is 0. The molecule has 0 radical (unpaired) electrons. The van der Waals surface area contributed by atoms with E-state index in [1.807, 2.05) is 29.8 Å². The predicted molar refractivity (Wildman–Crippen MR) is 131 cm³/mol. The highest BCUT2D eigenvalue weighted by molar-refractivity contribution is 7.93. The Morgan fingerprint density at radius 1 is 1.00 bits per heavy atom. The Morgan fingerprint density at radius 3 is 2.38 bits per heavy atom. The van der Waals surface area contributed by atoms with Crippen molar-refractivity contribution in [3.63, 3.8) is 0 Å². The number of piperidine rings is 1. The van der Waals surface area contributed by atoms with Gasteiger partial charge in [0.05, 0.1) is 0 Å². The highest BCUT2D eigenvalue weighted by atomic mass is 32.2. The van der Waals surface area contributed by atoms with Crippen molar-refractivity contribution >= 4 is 32.1 Å². The summed E-state index contributed by atoms with van der Waals surface area (Å²) in [6, 6.07) is 18.7. The number of rotatable bonds is 5. The maximum Gasteiger partial charge on any atom is 0.250 e. The molecule has 0 bridgehead atoms. The van der Waals surface area contributed by atoms with E-state index >= 15 is 0 Å². The molecule has 1 aliphatic rings. The van der Waals surface area contributed by atoms with Crippen molar-refractivity contribution in [1.82, 2.24) is 9.29 Å². The normalized spacial score (nSPS) is 15.5. The molecular weight excluding hydrogens is 420 g/mol. The molecule has 32 heavy (non-hydrogen) atoms. The van der Waals surface area contributed by atoms with Crippen LogP contribution in [0.4, 0.5) is 5.69 Å². The topological polar surface area (TPSA) is 78.1 Å². The maximum atomic E-state index is 12.2. The largest absolute Gasteiger partial charge is 0.372 e. The van der Waals surface area contributed by atoms with Gasteiger partial charge in [0.2, 0.25) is 0 Å². The molecule has 1 saturated heterocycles. The Balaban J connectivity index is 1.71. The minimum Gasteiger partial charge on any atom is -0.372 e. The lowest BCUT2D eigenvalue weighted by atomic mass is 10.0. The molecule has 1 aromatic heterocycles. The molecule has 166 valence electrons. The Labute approximate surface area is 189 Å². The molecule has 0 unspecified atom stereocenters. The Kier molecular flexibility index (Phi) is 6.09. The van der Waals surface area contributed by atoms with Crippen LogP contribution in [-0.4, -0.2) is 33.1 Å². The molecule has 0 spiro atoms. The summed E-state index contributed by atoms with van der Waals surface area (Å²) in [4.78, 5) is 2.19. The van der Waals surface area contributed by atoms with Gasteiger partial charge in [-0.2, -0.15) is 5.26 Å². The van der Waals surface area contributed by atoms with E-state index in [1.165, 1.54) is 37.4 Å². The second kappa shape index (κ2) is 8.81. The predicted octanol–water partition coefficient (Wildman–Crippen LogP) is 4.64. The molecule has 6 nitrogen and oxygen atoms in total. The van der Waals surface area contributed by atoms with Gasteiger partial charge in [-0.25, -0.2) is 13.1 Å². The van der Waals surface area contributed by atoms with Gasteiger partial charge in [-0.05, 0) is 79.9 Å². The Bertz CT molecular complexity index is 1340. The molecule has 3 aromatic rings. The first-order chi connectivity index (χ1) is 15.4. The number of benzene rings is 2. The average Bonchev–Trinajstić information content (AvgIpc) is 3.20. The third kappa shape index (κ3) is 4.04. The molecule has 2 heterocycles. The number of anilines is 1. The fraction of sp³-hybridized carbons (Fsp3) is 0.320. The number of hydrogen-bond acceptors (Lipinski definition) is 4. The molecule has 1 aliphatic heterocycles. The summed E-state index contributed by atoms with van der Waals surface area (Å²) in [5, 5.41) is 11.8. The van der Waals surface area contributed by atoms with E-state index in [-0.39, 0.29) is 4.91 Å². The van der Waals surface area contributed by atoms with Gasteiger partial charge < -0.3 is 9.47 Å². The van der Waals surface area contributed by atoms with Gasteiger partial charge in [-0.3, -0.25) is 0 Å². The summed E-state index contributed by atoms with van der Waals surface area (Å²) < 4.78 is 28.6. The lowest BCUT2D eigenvalue weighted by Gasteiger charge is -2.29. The van der Waals surface area contributed by atoms with E-state index in [9.17, 15) is 13.7 Å². The van der Waals surface area contributed by atoms with Crippen molar-refractivity contribution < 1.29 is 8.42 Å². The highest BCUT2D eigenvalue weighted by Gasteiger charge is 2.21. The molecule has 2 aromatic carbocycles. The number of nitrogens with zero attached hydrogens (tertiary/aromatic N) is 3. The van der Waals surface area contributed by atoms with Crippen molar-refractivity contribution in [3.8, 4) is 17.3 Å². The van der Waals surface area contributed by atoms with Crippen molar-refractivity contribution in [3.05, 3.63) is 59.1 Å². The van der Waals surface area contributed by atoms with Crippen LogP contribution in [0.1, 0.15) is 31.9 Å². The fourth-order valence-electron chi connectivity index (χ4n) is 4.48. The van der Waals surface area contributed by atoms with Crippen LogP contribution in [0.5, 0.6) is 0 Å². The van der Waals surface area contributed by atoms with E-state index in [2.05, 4.69) is 46.0 Å². The van der Waals surface area contributed by atoms with Gasteiger partial charge in [-0.15, -0.1) is 0 Å². The molecule has 1 fully saturated rings. The minimum atomic E-state index is -3.82. The van der Waals surface area contributed by atoms with Gasteiger partial charge in [-0.1, -0.05) is 18.2 Å². The standard InChI is InChI=1S/C25H28N4O2S/c1-18(25(17-26)32(30,31)27-2)23-11-12-24(28(23)3)21-8-7-20-16-22(10-9-19(20)15-21)29-13-5-4-6-14-29/h7-12,15-16,27H,4-6,13-14H2,1-3H3/b25-18+. The van der Waals surface area contributed by atoms with E-state index < -0.39 is 10.0 Å². The second-order valence-electron chi connectivity index (χ2n) is 8.23. The van der Waals surface area contributed by atoms with E-state index in [0.29, 0.717) is 11.3 Å². The zero-order valence-corrected chi connectivity index (χ0v) is 19.5. The van der Waals surface area contributed by atoms with Gasteiger partial charge in [0.1, 0.15) is 6.07 Å². The molecule has 4 rings (SSSR count). The lowest BCUT2D eigenvalue weighted by molar-refractivity contribution is 0.578. The summed E-state index contributed by atoms with van der Waals surface area (Å²) >= 11 is 0. The van der Waals surface area contributed by atoms with E-state index in [1.54, 1.807) is 6.92 Å². The number of aromatic nitrogens is 1. The van der Waals surface area contributed by atoms with Crippen LogP contribution in [0, 0.1) is 11.3 Å². The monoisotopic (exact) mass is 448 g/mol. The van der Waals surface area contributed by atoms with Crippen molar-refractivity contribution in [2.75, 3.05) is 25.0 Å². The summed E-state index contributed by atoms with van der Waals surface area (Å²) in [5.41, 5.74) is 4.39. The lowest BCUT2D eigenvalue weighted by Crippen LogP contribution is -2.29. The first-order valence-corrected chi connectivity index (χ1v) is 12.3. The van der Waals surface area contributed by atoms with Gasteiger partial charge >= 0.3 is 0 Å². The van der Waals surface area contributed by atoms with Crippen molar-refractivity contribution in [2.45, 2.75) is 26.2 Å².